The SMILES string of the molecule is Cc1cccc(C)c1OCC(C)NC(=O)N(C)CCO[Si](C)(C)C(C)(C)C. The Hall–Kier alpha value is -1.53. The van der Waals surface area contributed by atoms with E-state index in [1.54, 1.807) is 11.9 Å². The lowest BCUT2D eigenvalue weighted by Gasteiger charge is -2.36. The number of likely N-dealkylation sites (N-methyl/N-ethyl adjacent to an activating group) is 1. The van der Waals surface area contributed by atoms with Crippen molar-refractivity contribution in [3.8, 4) is 5.75 Å². The summed E-state index contributed by atoms with van der Waals surface area (Å²) in [5.41, 5.74) is 2.21. The van der Waals surface area contributed by atoms with Crippen molar-refractivity contribution in [3.05, 3.63) is 29.3 Å². The summed E-state index contributed by atoms with van der Waals surface area (Å²) in [7, 11) is 0.0172. The van der Waals surface area contributed by atoms with Crippen LogP contribution in [0.15, 0.2) is 18.2 Å². The first-order valence-electron chi connectivity index (χ1n) is 9.70. The highest BCUT2D eigenvalue weighted by atomic mass is 28.4. The van der Waals surface area contributed by atoms with Crippen LogP contribution in [0.2, 0.25) is 18.1 Å². The van der Waals surface area contributed by atoms with Crippen molar-refractivity contribution >= 4 is 14.3 Å². The van der Waals surface area contributed by atoms with Gasteiger partial charge in [-0.25, -0.2) is 4.79 Å². The van der Waals surface area contributed by atoms with Crippen LogP contribution in [0.5, 0.6) is 5.75 Å². The van der Waals surface area contributed by atoms with E-state index in [9.17, 15) is 4.79 Å². The molecule has 1 aromatic rings. The third kappa shape index (κ3) is 7.18. The van der Waals surface area contributed by atoms with E-state index in [0.29, 0.717) is 19.8 Å². The maximum Gasteiger partial charge on any atom is 0.317 e. The van der Waals surface area contributed by atoms with Gasteiger partial charge in [-0.05, 0) is 50.0 Å². The van der Waals surface area contributed by atoms with Crippen LogP contribution in [0.3, 0.4) is 0 Å². The molecule has 5 nitrogen and oxygen atoms in total. The number of urea groups is 1. The average molecular weight is 395 g/mol. The average Bonchev–Trinajstić information content (AvgIpc) is 2.52. The molecule has 1 unspecified atom stereocenters. The number of rotatable bonds is 8. The maximum absolute atomic E-state index is 12.4. The normalized spacial score (nSPS) is 13.2. The highest BCUT2D eigenvalue weighted by molar-refractivity contribution is 6.74. The van der Waals surface area contributed by atoms with Crippen LogP contribution in [0.1, 0.15) is 38.8 Å². The Morgan fingerprint density at radius 2 is 1.78 bits per heavy atom. The molecule has 0 aliphatic carbocycles. The molecule has 1 rings (SSSR count). The van der Waals surface area contributed by atoms with Gasteiger partial charge in [-0.15, -0.1) is 0 Å². The van der Waals surface area contributed by atoms with Crippen LogP contribution in [-0.2, 0) is 4.43 Å². The molecule has 27 heavy (non-hydrogen) atoms. The van der Waals surface area contributed by atoms with E-state index in [0.717, 1.165) is 16.9 Å². The quantitative estimate of drug-likeness (QED) is 0.648. The van der Waals surface area contributed by atoms with E-state index < -0.39 is 8.32 Å². The van der Waals surface area contributed by atoms with Crippen molar-refractivity contribution in [1.82, 2.24) is 10.2 Å². The molecule has 2 amide bonds. The molecule has 154 valence electrons. The van der Waals surface area contributed by atoms with Crippen molar-refractivity contribution in [1.29, 1.82) is 0 Å². The number of aryl methyl sites for hydroxylation is 2. The Kier molecular flexibility index (Phi) is 8.36. The minimum Gasteiger partial charge on any atom is -0.491 e. The van der Waals surface area contributed by atoms with E-state index in [1.807, 2.05) is 39.0 Å². The number of hydrogen-bond donors (Lipinski definition) is 1. The second kappa shape index (κ2) is 9.60. The third-order valence-electron chi connectivity index (χ3n) is 5.30. The van der Waals surface area contributed by atoms with E-state index in [1.165, 1.54) is 0 Å². The van der Waals surface area contributed by atoms with E-state index in [2.05, 4.69) is 39.2 Å². The van der Waals surface area contributed by atoms with E-state index >= 15 is 0 Å². The topological polar surface area (TPSA) is 50.8 Å². The molecular formula is C21H38N2O3Si. The summed E-state index contributed by atoms with van der Waals surface area (Å²) < 4.78 is 12.1. The van der Waals surface area contributed by atoms with Crippen LogP contribution >= 0.6 is 0 Å². The molecular weight excluding hydrogens is 356 g/mol. The summed E-state index contributed by atoms with van der Waals surface area (Å²) in [5, 5.41) is 3.16. The lowest BCUT2D eigenvalue weighted by molar-refractivity contribution is 0.183. The number of hydrogen-bond acceptors (Lipinski definition) is 3. The second-order valence-corrected chi connectivity index (χ2v) is 13.7. The zero-order chi connectivity index (χ0) is 20.8. The second-order valence-electron chi connectivity index (χ2n) is 8.91. The summed E-state index contributed by atoms with van der Waals surface area (Å²) >= 11 is 0. The summed E-state index contributed by atoms with van der Waals surface area (Å²) in [5.74, 6) is 0.898. The smallest absolute Gasteiger partial charge is 0.317 e. The standard InChI is InChI=1S/C21H38N2O3Si/c1-16-11-10-12-17(2)19(16)25-15-18(3)22-20(24)23(7)13-14-26-27(8,9)21(4,5)6/h10-12,18H,13-15H2,1-9H3,(H,22,24). The van der Waals surface area contributed by atoms with E-state index in [4.69, 9.17) is 9.16 Å². The number of amides is 2. The van der Waals surface area contributed by atoms with Gasteiger partial charge in [0.2, 0.25) is 0 Å². The fourth-order valence-electron chi connectivity index (χ4n) is 2.35. The summed E-state index contributed by atoms with van der Waals surface area (Å²) in [6.07, 6.45) is 0. The number of nitrogens with zero attached hydrogens (tertiary/aromatic N) is 1. The fourth-order valence-corrected chi connectivity index (χ4v) is 3.39. The molecule has 0 bridgehead atoms. The summed E-state index contributed by atoms with van der Waals surface area (Å²) in [6.45, 7) is 18.7. The van der Waals surface area contributed by atoms with Gasteiger partial charge in [0.25, 0.3) is 0 Å². The van der Waals surface area contributed by atoms with Gasteiger partial charge in [-0.3, -0.25) is 0 Å². The van der Waals surface area contributed by atoms with Gasteiger partial charge >= 0.3 is 6.03 Å². The van der Waals surface area contributed by atoms with Crippen molar-refractivity contribution in [3.63, 3.8) is 0 Å². The molecule has 1 N–H and O–H groups in total. The van der Waals surface area contributed by atoms with Crippen LogP contribution < -0.4 is 10.1 Å². The highest BCUT2D eigenvalue weighted by Gasteiger charge is 2.37. The number of nitrogens with one attached hydrogen (secondary N) is 1. The van der Waals surface area contributed by atoms with Gasteiger partial charge in [0.05, 0.1) is 12.6 Å². The Bertz CT molecular complexity index is 606. The minimum absolute atomic E-state index is 0.0831. The lowest BCUT2D eigenvalue weighted by Crippen LogP contribution is -2.47. The maximum atomic E-state index is 12.4. The van der Waals surface area contributed by atoms with Crippen molar-refractivity contribution in [2.75, 3.05) is 26.8 Å². The molecule has 0 spiro atoms. The Morgan fingerprint density at radius 3 is 2.30 bits per heavy atom. The van der Waals surface area contributed by atoms with Gasteiger partial charge in [0.1, 0.15) is 12.4 Å². The molecule has 1 aromatic carbocycles. The monoisotopic (exact) mass is 394 g/mol. The molecule has 1 atom stereocenters. The van der Waals surface area contributed by atoms with Gasteiger partial charge < -0.3 is 19.4 Å². The number of carbonyl (C=O) groups excluding carboxylic acids is 1. The number of benzene rings is 1. The zero-order valence-corrected chi connectivity index (χ0v) is 19.6. The van der Waals surface area contributed by atoms with Crippen molar-refractivity contribution < 1.29 is 14.0 Å². The first kappa shape index (κ1) is 23.5. The van der Waals surface area contributed by atoms with Crippen LogP contribution in [0.25, 0.3) is 0 Å². The van der Waals surface area contributed by atoms with Gasteiger partial charge in [-0.2, -0.15) is 0 Å². The van der Waals surface area contributed by atoms with Crippen LogP contribution in [0, 0.1) is 13.8 Å². The predicted molar refractivity (Wildman–Crippen MR) is 115 cm³/mol. The van der Waals surface area contributed by atoms with Crippen LogP contribution in [-0.4, -0.2) is 52.1 Å². The molecule has 0 saturated carbocycles. The van der Waals surface area contributed by atoms with Gasteiger partial charge in [0, 0.05) is 13.6 Å². The Balaban J connectivity index is 2.42. The van der Waals surface area contributed by atoms with Crippen molar-refractivity contribution in [2.45, 2.75) is 65.7 Å². The Labute approximate surface area is 166 Å². The molecule has 0 aromatic heterocycles. The molecule has 0 aliphatic heterocycles. The fraction of sp³-hybridized carbons (Fsp3) is 0.667. The largest absolute Gasteiger partial charge is 0.491 e. The van der Waals surface area contributed by atoms with Crippen molar-refractivity contribution in [2.24, 2.45) is 0 Å². The number of ether oxygens (including phenoxy) is 1. The number of para-hydroxylation sites is 1. The Morgan fingerprint density at radius 1 is 1.22 bits per heavy atom. The van der Waals surface area contributed by atoms with Crippen LogP contribution in [0.4, 0.5) is 4.79 Å². The molecule has 6 heteroatoms. The molecule has 0 saturated heterocycles. The highest BCUT2D eigenvalue weighted by Crippen LogP contribution is 2.36. The number of carbonyl (C=O) groups is 1. The molecule has 0 aliphatic rings. The first-order valence-corrected chi connectivity index (χ1v) is 12.6. The lowest BCUT2D eigenvalue weighted by atomic mass is 10.1. The molecule has 0 heterocycles. The molecule has 0 fully saturated rings. The summed E-state index contributed by atoms with van der Waals surface area (Å²) in [6, 6.07) is 5.89. The zero-order valence-electron chi connectivity index (χ0n) is 18.6. The predicted octanol–water partition coefficient (Wildman–Crippen LogP) is 4.73. The van der Waals surface area contributed by atoms with E-state index in [-0.39, 0.29) is 17.1 Å². The molecule has 0 radical (unpaired) electrons. The third-order valence-corrected chi connectivity index (χ3v) is 9.84. The summed E-state index contributed by atoms with van der Waals surface area (Å²) in [4.78, 5) is 14.0. The van der Waals surface area contributed by atoms with Gasteiger partial charge in [0.15, 0.2) is 8.32 Å². The minimum atomic E-state index is -1.78. The first-order chi connectivity index (χ1) is 12.3. The van der Waals surface area contributed by atoms with Gasteiger partial charge in [-0.1, -0.05) is 39.0 Å².